The highest BCUT2D eigenvalue weighted by Gasteiger charge is 2.25. The molecular weight excluding hydrogens is 380 g/mol. The summed E-state index contributed by atoms with van der Waals surface area (Å²) in [7, 11) is 0. The zero-order valence-corrected chi connectivity index (χ0v) is 17.1. The van der Waals surface area contributed by atoms with Gasteiger partial charge in [0.25, 0.3) is 11.8 Å². The second kappa shape index (κ2) is 8.45. The van der Waals surface area contributed by atoms with E-state index in [1.54, 1.807) is 41.3 Å². The first-order valence-electron chi connectivity index (χ1n) is 10.1. The van der Waals surface area contributed by atoms with Gasteiger partial charge in [-0.1, -0.05) is 0 Å². The van der Waals surface area contributed by atoms with Gasteiger partial charge in [0.2, 0.25) is 0 Å². The number of benzene rings is 2. The van der Waals surface area contributed by atoms with E-state index in [4.69, 9.17) is 9.15 Å². The smallest absolute Gasteiger partial charge is 0.293 e. The van der Waals surface area contributed by atoms with Crippen LogP contribution in [0.2, 0.25) is 0 Å². The Bertz CT molecular complexity index is 1040. The van der Waals surface area contributed by atoms with Gasteiger partial charge in [0.05, 0.1) is 12.4 Å². The number of aryl methyl sites for hydroxylation is 1. The van der Waals surface area contributed by atoms with E-state index in [1.165, 1.54) is 6.26 Å². The van der Waals surface area contributed by atoms with E-state index in [0.717, 1.165) is 29.8 Å². The summed E-state index contributed by atoms with van der Waals surface area (Å²) in [6.07, 6.45) is 3.29. The summed E-state index contributed by atoms with van der Waals surface area (Å²) in [5, 5.41) is 2.94. The molecule has 0 fully saturated rings. The number of carbonyl (C=O) groups excluding carboxylic acids is 2. The second-order valence-electron chi connectivity index (χ2n) is 7.53. The summed E-state index contributed by atoms with van der Waals surface area (Å²) in [5.74, 6) is 0.716. The number of fused-ring (bicyclic) bond motifs is 1. The minimum atomic E-state index is -0.189. The van der Waals surface area contributed by atoms with E-state index in [1.807, 2.05) is 32.0 Å². The third kappa shape index (κ3) is 4.22. The maximum absolute atomic E-state index is 12.7. The number of rotatable bonds is 5. The number of nitrogens with one attached hydrogen (secondary N) is 1. The van der Waals surface area contributed by atoms with Gasteiger partial charge in [-0.3, -0.25) is 9.59 Å². The Hall–Kier alpha value is -3.54. The van der Waals surface area contributed by atoms with Crippen LogP contribution < -0.4 is 15.0 Å². The number of amides is 2. The summed E-state index contributed by atoms with van der Waals surface area (Å²) in [6, 6.07) is 16.1. The van der Waals surface area contributed by atoms with E-state index in [-0.39, 0.29) is 17.9 Å². The van der Waals surface area contributed by atoms with Crippen LogP contribution in [-0.4, -0.2) is 24.5 Å². The van der Waals surface area contributed by atoms with Gasteiger partial charge in [0, 0.05) is 23.5 Å². The monoisotopic (exact) mass is 404 g/mol. The Labute approximate surface area is 175 Å². The fraction of sp³-hybridized carbons (Fsp3) is 0.250. The highest BCUT2D eigenvalue weighted by Crippen LogP contribution is 2.31. The molecule has 1 aromatic heterocycles. The normalized spacial score (nSPS) is 13.1. The summed E-state index contributed by atoms with van der Waals surface area (Å²) < 4.78 is 10.9. The molecule has 1 aliphatic heterocycles. The Balaban J connectivity index is 1.49. The lowest BCUT2D eigenvalue weighted by molar-refractivity contribution is 0.0957. The third-order valence-electron chi connectivity index (χ3n) is 4.92. The highest BCUT2D eigenvalue weighted by molar-refractivity contribution is 6.06. The first-order valence-corrected chi connectivity index (χ1v) is 10.1. The van der Waals surface area contributed by atoms with Crippen molar-refractivity contribution in [2.75, 3.05) is 16.8 Å². The van der Waals surface area contributed by atoms with Crippen LogP contribution in [0.5, 0.6) is 5.75 Å². The molecule has 6 heteroatoms. The minimum Gasteiger partial charge on any atom is -0.491 e. The maximum Gasteiger partial charge on any atom is 0.293 e. The number of nitrogens with zero attached hydrogens (tertiary/aromatic N) is 1. The van der Waals surface area contributed by atoms with Gasteiger partial charge in [0.1, 0.15) is 5.75 Å². The zero-order chi connectivity index (χ0) is 21.1. The molecule has 3 aromatic rings. The Morgan fingerprint density at radius 1 is 1.10 bits per heavy atom. The Morgan fingerprint density at radius 3 is 2.60 bits per heavy atom. The van der Waals surface area contributed by atoms with Crippen LogP contribution in [0.3, 0.4) is 0 Å². The standard InChI is InChI=1S/C24H24N2O4/c1-16(2)30-20-10-7-17(8-11-20)23(27)25-19-9-12-21-18(15-19)5-3-13-26(21)24(28)22-6-4-14-29-22/h4,6-12,14-16H,3,5,13H2,1-2H3,(H,25,27). The van der Waals surface area contributed by atoms with Crippen molar-refractivity contribution in [1.82, 2.24) is 0 Å². The first kappa shape index (κ1) is 19.8. The lowest BCUT2D eigenvalue weighted by Gasteiger charge is -2.29. The van der Waals surface area contributed by atoms with Crippen molar-refractivity contribution in [2.24, 2.45) is 0 Å². The van der Waals surface area contributed by atoms with Crippen molar-refractivity contribution in [3.8, 4) is 5.75 Å². The quantitative estimate of drug-likeness (QED) is 0.656. The number of ether oxygens (including phenoxy) is 1. The Kier molecular flexibility index (Phi) is 5.57. The number of anilines is 2. The topological polar surface area (TPSA) is 71.8 Å². The lowest BCUT2D eigenvalue weighted by atomic mass is 10.0. The van der Waals surface area contributed by atoms with Gasteiger partial charge in [0.15, 0.2) is 5.76 Å². The molecule has 1 aliphatic rings. The number of hydrogen-bond donors (Lipinski definition) is 1. The summed E-state index contributed by atoms with van der Waals surface area (Å²) in [5.41, 5.74) is 3.14. The molecule has 2 heterocycles. The number of hydrogen-bond acceptors (Lipinski definition) is 4. The van der Waals surface area contributed by atoms with Crippen molar-refractivity contribution in [2.45, 2.75) is 32.8 Å². The van der Waals surface area contributed by atoms with Crippen LogP contribution in [0.4, 0.5) is 11.4 Å². The molecule has 0 saturated heterocycles. The molecule has 4 rings (SSSR count). The molecule has 1 N–H and O–H groups in total. The van der Waals surface area contributed by atoms with Gasteiger partial charge >= 0.3 is 0 Å². The first-order chi connectivity index (χ1) is 14.5. The van der Waals surface area contributed by atoms with Gasteiger partial charge in [-0.2, -0.15) is 0 Å². The van der Waals surface area contributed by atoms with E-state index >= 15 is 0 Å². The molecule has 0 spiro atoms. The van der Waals surface area contributed by atoms with Crippen molar-refractivity contribution in [3.63, 3.8) is 0 Å². The van der Waals surface area contributed by atoms with Gasteiger partial charge < -0.3 is 19.4 Å². The van der Waals surface area contributed by atoms with Crippen LogP contribution in [0.1, 0.15) is 46.7 Å². The second-order valence-corrected chi connectivity index (χ2v) is 7.53. The van der Waals surface area contributed by atoms with Gasteiger partial charge in [-0.25, -0.2) is 0 Å². The third-order valence-corrected chi connectivity index (χ3v) is 4.92. The van der Waals surface area contributed by atoms with Crippen molar-refractivity contribution in [1.29, 1.82) is 0 Å². The fourth-order valence-corrected chi connectivity index (χ4v) is 3.58. The lowest BCUT2D eigenvalue weighted by Crippen LogP contribution is -2.35. The van der Waals surface area contributed by atoms with Crippen LogP contribution in [0.15, 0.2) is 65.3 Å². The van der Waals surface area contributed by atoms with Crippen molar-refractivity contribution >= 4 is 23.2 Å². The maximum atomic E-state index is 12.7. The molecule has 30 heavy (non-hydrogen) atoms. The molecule has 0 saturated carbocycles. The molecule has 0 bridgehead atoms. The van der Waals surface area contributed by atoms with Crippen molar-refractivity contribution < 1.29 is 18.7 Å². The van der Waals surface area contributed by atoms with Gasteiger partial charge in [-0.15, -0.1) is 0 Å². The van der Waals surface area contributed by atoms with E-state index in [9.17, 15) is 9.59 Å². The summed E-state index contributed by atoms with van der Waals surface area (Å²) >= 11 is 0. The molecule has 0 atom stereocenters. The molecule has 0 unspecified atom stereocenters. The van der Waals surface area contributed by atoms with Crippen LogP contribution in [0.25, 0.3) is 0 Å². The van der Waals surface area contributed by atoms with Crippen LogP contribution in [-0.2, 0) is 6.42 Å². The zero-order valence-electron chi connectivity index (χ0n) is 17.1. The van der Waals surface area contributed by atoms with Gasteiger partial charge in [-0.05, 0) is 86.8 Å². The van der Waals surface area contributed by atoms with Crippen LogP contribution in [0, 0.1) is 0 Å². The molecule has 2 amide bonds. The minimum absolute atomic E-state index is 0.0828. The SMILES string of the molecule is CC(C)Oc1ccc(C(=O)Nc2ccc3c(c2)CCCN3C(=O)c2ccco2)cc1. The Morgan fingerprint density at radius 2 is 1.90 bits per heavy atom. The van der Waals surface area contributed by atoms with E-state index < -0.39 is 0 Å². The summed E-state index contributed by atoms with van der Waals surface area (Å²) in [6.45, 7) is 4.56. The summed E-state index contributed by atoms with van der Waals surface area (Å²) in [4.78, 5) is 27.1. The largest absolute Gasteiger partial charge is 0.491 e. The average molecular weight is 404 g/mol. The highest BCUT2D eigenvalue weighted by atomic mass is 16.5. The molecule has 154 valence electrons. The molecule has 2 aromatic carbocycles. The van der Waals surface area contributed by atoms with E-state index in [2.05, 4.69) is 5.32 Å². The van der Waals surface area contributed by atoms with Crippen LogP contribution >= 0.6 is 0 Å². The molecular formula is C24H24N2O4. The van der Waals surface area contributed by atoms with E-state index in [0.29, 0.717) is 23.6 Å². The number of furan rings is 1. The predicted molar refractivity (Wildman–Crippen MR) is 115 cm³/mol. The molecule has 0 radical (unpaired) electrons. The average Bonchev–Trinajstić information content (AvgIpc) is 3.27. The predicted octanol–water partition coefficient (Wildman–Crippen LogP) is 4.91. The number of carbonyl (C=O) groups is 2. The molecule has 6 nitrogen and oxygen atoms in total. The molecule has 0 aliphatic carbocycles. The fourth-order valence-electron chi connectivity index (χ4n) is 3.58. The van der Waals surface area contributed by atoms with Crippen molar-refractivity contribution in [3.05, 3.63) is 77.7 Å².